The van der Waals surface area contributed by atoms with E-state index in [-0.39, 0.29) is 5.91 Å². The lowest BCUT2D eigenvalue weighted by molar-refractivity contribution is -0.118. The van der Waals surface area contributed by atoms with E-state index in [0.717, 1.165) is 13.0 Å². The van der Waals surface area contributed by atoms with E-state index in [4.69, 9.17) is 11.6 Å². The first kappa shape index (κ1) is 28.6. The van der Waals surface area contributed by atoms with Gasteiger partial charge in [0.2, 0.25) is 5.91 Å². The molecule has 0 aliphatic rings. The fourth-order valence-corrected chi connectivity index (χ4v) is 3.08. The molecule has 4 N–H and O–H groups in total. The molecular weight excluding hydrogens is 334 g/mol. The molecule has 4 nitrogen and oxygen atoms in total. The maximum Gasteiger partial charge on any atom is 0.217 e. The lowest BCUT2D eigenvalue weighted by Gasteiger charge is -2.05. The Morgan fingerprint density at radius 3 is 1.22 bits per heavy atom. The van der Waals surface area contributed by atoms with Crippen LogP contribution in [0.4, 0.5) is 0 Å². The summed E-state index contributed by atoms with van der Waals surface area (Å²) >= 11 is 0. The highest BCUT2D eigenvalue weighted by molar-refractivity contribution is 5.73. The van der Waals surface area contributed by atoms with Crippen molar-refractivity contribution in [3.63, 3.8) is 0 Å². The van der Waals surface area contributed by atoms with Crippen molar-refractivity contribution in [3.8, 4) is 0 Å². The summed E-state index contributed by atoms with van der Waals surface area (Å²) in [5, 5.41) is 1.71. The molecule has 0 aliphatic heterocycles. The average Bonchev–Trinajstić information content (AvgIpc) is 2.63. The van der Waals surface area contributed by atoms with E-state index in [0.29, 0.717) is 6.42 Å². The first-order valence-corrected chi connectivity index (χ1v) is 11.8. The van der Waals surface area contributed by atoms with Crippen LogP contribution in [0.25, 0.3) is 0 Å². The van der Waals surface area contributed by atoms with Gasteiger partial charge in [-0.15, -0.1) is 0 Å². The molecule has 27 heavy (non-hydrogen) atoms. The molecule has 0 aromatic rings. The molecule has 0 radical (unpaired) electrons. The summed E-state index contributed by atoms with van der Waals surface area (Å²) in [7, 11) is 1.88. The van der Waals surface area contributed by atoms with Crippen molar-refractivity contribution in [1.29, 1.82) is 0 Å². The van der Waals surface area contributed by atoms with Gasteiger partial charge >= 0.3 is 0 Å². The maximum atomic E-state index is 10.6. The van der Waals surface area contributed by atoms with Crippen LogP contribution in [0.3, 0.4) is 0 Å². The van der Waals surface area contributed by atoms with Crippen LogP contribution >= 0.6 is 0 Å². The molecule has 0 aromatic heterocycles. The number of hydrogen-bond acceptors (Lipinski definition) is 3. The Labute approximate surface area is 170 Å². The number of hydrogen-bond donors (Lipinski definition) is 2. The number of nitrogens with two attached hydrogens (primary N) is 2. The minimum atomic E-state index is -0.153. The summed E-state index contributed by atoms with van der Waals surface area (Å²) in [6, 6.07) is 0. The van der Waals surface area contributed by atoms with E-state index >= 15 is 0 Å². The van der Waals surface area contributed by atoms with E-state index in [1.54, 1.807) is 5.01 Å². The highest BCUT2D eigenvalue weighted by Gasteiger charge is 1.96. The van der Waals surface area contributed by atoms with Crippen molar-refractivity contribution in [1.82, 2.24) is 5.01 Å². The Bertz CT molecular complexity index is 283. The molecule has 4 heteroatoms. The van der Waals surface area contributed by atoms with Crippen LogP contribution in [0.1, 0.15) is 129 Å². The van der Waals surface area contributed by atoms with Gasteiger partial charge in [-0.05, 0) is 12.8 Å². The lowest BCUT2D eigenvalue weighted by Crippen LogP contribution is -2.26. The van der Waals surface area contributed by atoms with Gasteiger partial charge in [0.15, 0.2) is 0 Å². The number of primary amides is 1. The zero-order chi connectivity index (χ0) is 20.6. The van der Waals surface area contributed by atoms with Crippen LogP contribution in [0, 0.1) is 0 Å². The lowest BCUT2D eigenvalue weighted by atomic mass is 10.0. The third kappa shape index (κ3) is 33.4. The van der Waals surface area contributed by atoms with E-state index < -0.39 is 0 Å². The smallest absolute Gasteiger partial charge is 0.217 e. The number of carbonyl (C=O) groups excluding carboxylic acids is 1. The predicted octanol–water partition coefficient (Wildman–Crippen LogP) is 6.33. The van der Waals surface area contributed by atoms with Gasteiger partial charge < -0.3 is 5.73 Å². The van der Waals surface area contributed by atoms with Gasteiger partial charge in [0.1, 0.15) is 0 Å². The molecule has 0 aromatic carbocycles. The first-order chi connectivity index (χ1) is 13.0. The summed E-state index contributed by atoms with van der Waals surface area (Å²) in [4.78, 5) is 10.6. The molecule has 164 valence electrons. The number of hydrazine groups is 1. The molecule has 0 unspecified atom stereocenters. The Hall–Kier alpha value is -0.610. The van der Waals surface area contributed by atoms with Gasteiger partial charge in [-0.2, -0.15) is 0 Å². The topological polar surface area (TPSA) is 72.4 Å². The number of carbonyl (C=O) groups is 1. The van der Waals surface area contributed by atoms with E-state index in [1.165, 1.54) is 103 Å². The van der Waals surface area contributed by atoms with Crippen LogP contribution < -0.4 is 11.6 Å². The third-order valence-corrected chi connectivity index (χ3v) is 4.89. The summed E-state index contributed by atoms with van der Waals surface area (Å²) in [6.45, 7) is 5.44. The third-order valence-electron chi connectivity index (χ3n) is 4.89. The fraction of sp³-hybridized carbons (Fsp3) is 0.957. The van der Waals surface area contributed by atoms with Gasteiger partial charge in [-0.3, -0.25) is 15.6 Å². The monoisotopic (exact) mass is 385 g/mol. The van der Waals surface area contributed by atoms with Gasteiger partial charge in [-0.1, -0.05) is 110 Å². The predicted molar refractivity (Wildman–Crippen MR) is 120 cm³/mol. The minimum Gasteiger partial charge on any atom is -0.370 e. The van der Waals surface area contributed by atoms with Gasteiger partial charge in [0.05, 0.1) is 0 Å². The molecule has 0 rings (SSSR count). The summed E-state index contributed by atoms with van der Waals surface area (Å²) < 4.78 is 0. The molecule has 1 amide bonds. The standard InChI is InChI=1S/C18H37NO.C5H14N2/c1-2-3-4-5-6-7-8-9-10-11-12-13-14-15-16-17-18(19)20;1-3-4-5-7(2)6/h2-17H2,1H3,(H2,19,20);3-6H2,1-2H3. The molecule has 0 spiro atoms. The second-order valence-corrected chi connectivity index (χ2v) is 8.00. The van der Waals surface area contributed by atoms with E-state index in [9.17, 15) is 4.79 Å². The average molecular weight is 386 g/mol. The largest absolute Gasteiger partial charge is 0.370 e. The van der Waals surface area contributed by atoms with Crippen molar-refractivity contribution < 1.29 is 4.79 Å². The molecule has 0 aliphatic carbocycles. The highest BCUT2D eigenvalue weighted by Crippen LogP contribution is 2.13. The quantitative estimate of drug-likeness (QED) is 0.155. The van der Waals surface area contributed by atoms with Gasteiger partial charge in [0.25, 0.3) is 0 Å². The molecule has 0 atom stereocenters. The Kier molecular flexibility index (Phi) is 26.9. The van der Waals surface area contributed by atoms with Crippen molar-refractivity contribution in [2.75, 3.05) is 13.6 Å². The zero-order valence-corrected chi connectivity index (χ0v) is 18.9. The Morgan fingerprint density at radius 2 is 0.963 bits per heavy atom. The van der Waals surface area contributed by atoms with E-state index in [1.807, 2.05) is 7.05 Å². The van der Waals surface area contributed by atoms with Gasteiger partial charge in [-0.25, -0.2) is 0 Å². The number of rotatable bonds is 19. The minimum absolute atomic E-state index is 0.153. The molecule has 0 heterocycles. The van der Waals surface area contributed by atoms with Crippen molar-refractivity contribution >= 4 is 5.91 Å². The second-order valence-electron chi connectivity index (χ2n) is 8.00. The van der Waals surface area contributed by atoms with Crippen LogP contribution in [-0.2, 0) is 4.79 Å². The van der Waals surface area contributed by atoms with Crippen LogP contribution in [0.2, 0.25) is 0 Å². The summed E-state index contributed by atoms with van der Waals surface area (Å²) in [5.41, 5.74) is 5.11. The maximum absolute atomic E-state index is 10.6. The Morgan fingerprint density at radius 1 is 0.630 bits per heavy atom. The van der Waals surface area contributed by atoms with Crippen molar-refractivity contribution in [3.05, 3.63) is 0 Å². The SMILES string of the molecule is CCCCCCCCCCCCCCCCCC(N)=O.CCCCN(C)N. The molecule has 0 bridgehead atoms. The first-order valence-electron chi connectivity index (χ1n) is 11.8. The second kappa shape index (κ2) is 25.4. The summed E-state index contributed by atoms with van der Waals surface area (Å²) in [5.74, 6) is 5.16. The van der Waals surface area contributed by atoms with Crippen LogP contribution in [0.15, 0.2) is 0 Å². The summed E-state index contributed by atoms with van der Waals surface area (Å²) in [6.07, 6.45) is 23.3. The number of nitrogens with zero attached hydrogens (tertiary/aromatic N) is 1. The van der Waals surface area contributed by atoms with Crippen molar-refractivity contribution in [2.24, 2.45) is 11.6 Å². The zero-order valence-electron chi connectivity index (χ0n) is 18.9. The highest BCUT2D eigenvalue weighted by atomic mass is 16.1. The fourth-order valence-electron chi connectivity index (χ4n) is 3.08. The normalized spacial score (nSPS) is 10.7. The van der Waals surface area contributed by atoms with E-state index in [2.05, 4.69) is 13.8 Å². The molecule has 0 fully saturated rings. The number of unbranched alkanes of at least 4 members (excludes halogenated alkanes) is 15. The van der Waals surface area contributed by atoms with Crippen LogP contribution in [0.5, 0.6) is 0 Å². The molecule has 0 saturated carbocycles. The number of amides is 1. The molecule has 0 saturated heterocycles. The van der Waals surface area contributed by atoms with Crippen molar-refractivity contribution in [2.45, 2.75) is 129 Å². The Balaban J connectivity index is 0. The van der Waals surface area contributed by atoms with Crippen LogP contribution in [-0.4, -0.2) is 24.5 Å². The molecular formula is C23H51N3O. The van der Waals surface area contributed by atoms with Gasteiger partial charge in [0, 0.05) is 20.0 Å².